The van der Waals surface area contributed by atoms with Gasteiger partial charge < -0.3 is 24.7 Å². The van der Waals surface area contributed by atoms with Crippen LogP contribution in [0, 0.1) is 5.92 Å². The van der Waals surface area contributed by atoms with Crippen molar-refractivity contribution >= 4 is 23.6 Å². The summed E-state index contributed by atoms with van der Waals surface area (Å²) in [5.74, 6) is 0.360. The fraction of sp³-hybridized carbons (Fsp3) is 0.762. The lowest BCUT2D eigenvalue weighted by atomic mass is 10.0. The van der Waals surface area contributed by atoms with Crippen molar-refractivity contribution in [3.63, 3.8) is 0 Å². The van der Waals surface area contributed by atoms with E-state index in [4.69, 9.17) is 21.1 Å². The number of imidazole rings is 1. The molecule has 0 spiro atoms. The van der Waals surface area contributed by atoms with E-state index in [9.17, 15) is 9.59 Å². The van der Waals surface area contributed by atoms with Crippen LogP contribution in [0.2, 0.25) is 5.15 Å². The average Bonchev–Trinajstić information content (AvgIpc) is 3.02. The molecule has 0 aromatic carbocycles. The van der Waals surface area contributed by atoms with Gasteiger partial charge in [0, 0.05) is 13.2 Å². The molecule has 9 heteroatoms. The molecule has 8 nitrogen and oxygen atoms in total. The maximum atomic E-state index is 12.7. The summed E-state index contributed by atoms with van der Waals surface area (Å²) in [5.41, 5.74) is 0.164. The Morgan fingerprint density at radius 2 is 2.07 bits per heavy atom. The maximum Gasteiger partial charge on any atom is 0.410 e. The van der Waals surface area contributed by atoms with Crippen molar-refractivity contribution in [2.24, 2.45) is 5.92 Å². The molecule has 2 N–H and O–H groups in total. The largest absolute Gasteiger partial charge is 0.444 e. The van der Waals surface area contributed by atoms with Gasteiger partial charge in [0.05, 0.1) is 24.4 Å². The van der Waals surface area contributed by atoms with Crippen LogP contribution < -0.4 is 5.32 Å². The van der Waals surface area contributed by atoms with Crippen molar-refractivity contribution in [2.45, 2.75) is 78.6 Å². The summed E-state index contributed by atoms with van der Waals surface area (Å²) in [4.78, 5) is 33.9. The number of aryl methyl sites for hydroxylation is 1. The number of amides is 2. The Balaban J connectivity index is 2.06. The number of aromatic nitrogens is 2. The number of carbonyl (C=O) groups excluding carboxylic acids is 2. The van der Waals surface area contributed by atoms with Crippen LogP contribution in [0.4, 0.5) is 4.79 Å². The normalized spacial score (nSPS) is 19.8. The standard InChI is InChI=1S/C21H35ClN4O4/c1-7-14-17(22)25-18(23-14)19(27)24-15-8-10-26(20(28)30-21(4,5)6)12-16(15)29-11-9-13(2)3/h13,15-16H,7-12H2,1-6H3,(H,23,25)(H,24,27). The van der Waals surface area contributed by atoms with Gasteiger partial charge in [-0.25, -0.2) is 9.78 Å². The molecule has 0 radical (unpaired) electrons. The molecule has 1 aromatic rings. The minimum Gasteiger partial charge on any atom is -0.444 e. The number of hydrogen-bond donors (Lipinski definition) is 2. The van der Waals surface area contributed by atoms with E-state index in [1.165, 1.54) is 0 Å². The van der Waals surface area contributed by atoms with Gasteiger partial charge in [0.2, 0.25) is 0 Å². The summed E-state index contributed by atoms with van der Waals surface area (Å²) in [7, 11) is 0. The highest BCUT2D eigenvalue weighted by atomic mass is 35.5. The van der Waals surface area contributed by atoms with E-state index >= 15 is 0 Å². The quantitative estimate of drug-likeness (QED) is 0.669. The van der Waals surface area contributed by atoms with Crippen molar-refractivity contribution in [2.75, 3.05) is 19.7 Å². The summed E-state index contributed by atoms with van der Waals surface area (Å²) in [6.07, 6.45) is 1.43. The second-order valence-electron chi connectivity index (χ2n) is 9.10. The van der Waals surface area contributed by atoms with Crippen LogP contribution in [0.5, 0.6) is 0 Å². The third-order valence-electron chi connectivity index (χ3n) is 4.85. The van der Waals surface area contributed by atoms with E-state index in [2.05, 4.69) is 29.1 Å². The Labute approximate surface area is 184 Å². The van der Waals surface area contributed by atoms with Crippen molar-refractivity contribution < 1.29 is 19.1 Å². The number of ether oxygens (including phenoxy) is 2. The van der Waals surface area contributed by atoms with Crippen molar-refractivity contribution in [3.05, 3.63) is 16.7 Å². The molecule has 1 aliphatic heterocycles. The highest BCUT2D eigenvalue weighted by Gasteiger charge is 2.35. The van der Waals surface area contributed by atoms with Crippen LogP contribution in [-0.2, 0) is 15.9 Å². The van der Waals surface area contributed by atoms with Crippen LogP contribution in [0.25, 0.3) is 0 Å². The van der Waals surface area contributed by atoms with Gasteiger partial charge in [-0.3, -0.25) is 4.79 Å². The smallest absolute Gasteiger partial charge is 0.410 e. The number of rotatable bonds is 7. The Hall–Kier alpha value is -1.80. The van der Waals surface area contributed by atoms with E-state index in [1.807, 2.05) is 27.7 Å². The lowest BCUT2D eigenvalue weighted by Crippen LogP contribution is -2.57. The van der Waals surface area contributed by atoms with Crippen LogP contribution in [-0.4, -0.2) is 64.3 Å². The SMILES string of the molecule is CCc1[nH]c(C(=O)NC2CCN(C(=O)OC(C)(C)C)CC2OCCC(C)C)nc1Cl. The summed E-state index contributed by atoms with van der Waals surface area (Å²) >= 11 is 6.06. The number of hydrogen-bond acceptors (Lipinski definition) is 5. The highest BCUT2D eigenvalue weighted by Crippen LogP contribution is 2.20. The van der Waals surface area contributed by atoms with E-state index in [0.29, 0.717) is 43.6 Å². The van der Waals surface area contributed by atoms with Gasteiger partial charge in [0.1, 0.15) is 5.60 Å². The maximum absolute atomic E-state index is 12.7. The molecule has 0 aliphatic carbocycles. The van der Waals surface area contributed by atoms with Crippen molar-refractivity contribution in [1.29, 1.82) is 0 Å². The minimum absolute atomic E-state index is 0.187. The van der Waals surface area contributed by atoms with E-state index in [1.54, 1.807) is 4.90 Å². The molecule has 2 heterocycles. The monoisotopic (exact) mass is 442 g/mol. The molecule has 0 bridgehead atoms. The summed E-state index contributed by atoms with van der Waals surface area (Å²) < 4.78 is 11.6. The van der Waals surface area contributed by atoms with Crippen LogP contribution in [0.15, 0.2) is 0 Å². The molecule has 30 heavy (non-hydrogen) atoms. The van der Waals surface area contributed by atoms with Crippen LogP contribution >= 0.6 is 11.6 Å². The van der Waals surface area contributed by atoms with E-state index in [0.717, 1.165) is 12.1 Å². The molecule has 2 atom stereocenters. The van der Waals surface area contributed by atoms with Crippen molar-refractivity contribution in [1.82, 2.24) is 20.2 Å². The summed E-state index contributed by atoms with van der Waals surface area (Å²) in [6.45, 7) is 13.1. The number of piperidine rings is 1. The first kappa shape index (κ1) is 24.5. The average molecular weight is 443 g/mol. The molecule has 0 saturated carbocycles. The topological polar surface area (TPSA) is 96.6 Å². The zero-order valence-electron chi connectivity index (χ0n) is 18.9. The second kappa shape index (κ2) is 10.5. The first-order valence-corrected chi connectivity index (χ1v) is 11.0. The van der Waals surface area contributed by atoms with Gasteiger partial charge in [-0.15, -0.1) is 0 Å². The molecule has 1 aromatic heterocycles. The Kier molecular flexibility index (Phi) is 8.55. The highest BCUT2D eigenvalue weighted by molar-refractivity contribution is 6.30. The fourth-order valence-electron chi connectivity index (χ4n) is 3.16. The Morgan fingerprint density at radius 3 is 2.63 bits per heavy atom. The van der Waals surface area contributed by atoms with Gasteiger partial charge in [-0.1, -0.05) is 32.4 Å². The third kappa shape index (κ3) is 7.16. The first-order chi connectivity index (χ1) is 14.0. The third-order valence-corrected chi connectivity index (χ3v) is 5.16. The molecule has 2 unspecified atom stereocenters. The molecule has 1 saturated heterocycles. The van der Waals surface area contributed by atoms with Gasteiger partial charge >= 0.3 is 6.09 Å². The van der Waals surface area contributed by atoms with Crippen LogP contribution in [0.1, 0.15) is 70.7 Å². The summed E-state index contributed by atoms with van der Waals surface area (Å²) in [5, 5.41) is 3.31. The molecular formula is C21H35ClN4O4. The number of H-pyrrole nitrogens is 1. The Bertz CT molecular complexity index is 729. The van der Waals surface area contributed by atoms with Gasteiger partial charge in [-0.2, -0.15) is 0 Å². The lowest BCUT2D eigenvalue weighted by Gasteiger charge is -2.39. The van der Waals surface area contributed by atoms with E-state index < -0.39 is 5.60 Å². The number of nitrogens with zero attached hydrogens (tertiary/aromatic N) is 2. The molecule has 170 valence electrons. The number of carbonyl (C=O) groups is 2. The first-order valence-electron chi connectivity index (χ1n) is 10.6. The molecular weight excluding hydrogens is 408 g/mol. The number of halogens is 1. The van der Waals surface area contributed by atoms with Crippen LogP contribution in [0.3, 0.4) is 0 Å². The number of likely N-dealkylation sites (tertiary alicyclic amines) is 1. The molecule has 1 aliphatic rings. The predicted octanol–water partition coefficient (Wildman–Crippen LogP) is 3.80. The Morgan fingerprint density at radius 1 is 1.37 bits per heavy atom. The molecule has 2 rings (SSSR count). The summed E-state index contributed by atoms with van der Waals surface area (Å²) in [6, 6.07) is -0.239. The number of nitrogens with one attached hydrogen (secondary N) is 2. The minimum atomic E-state index is -0.564. The zero-order chi connectivity index (χ0) is 22.5. The van der Waals surface area contributed by atoms with Gasteiger partial charge in [-0.05, 0) is 46.0 Å². The zero-order valence-corrected chi connectivity index (χ0v) is 19.6. The second-order valence-corrected chi connectivity index (χ2v) is 9.45. The molecule has 1 fully saturated rings. The lowest BCUT2D eigenvalue weighted by molar-refractivity contribution is -0.0355. The van der Waals surface area contributed by atoms with Gasteiger partial charge in [0.15, 0.2) is 11.0 Å². The number of aromatic amines is 1. The molecule has 2 amide bonds. The predicted molar refractivity (Wildman–Crippen MR) is 116 cm³/mol. The fourth-order valence-corrected chi connectivity index (χ4v) is 3.43. The van der Waals surface area contributed by atoms with Crippen molar-refractivity contribution in [3.8, 4) is 0 Å². The van der Waals surface area contributed by atoms with E-state index in [-0.39, 0.29) is 30.0 Å². The van der Waals surface area contributed by atoms with Gasteiger partial charge in [0.25, 0.3) is 5.91 Å².